The number of alkyl halides is 3. The minimum atomic E-state index is -0.0980. The zero-order valence-corrected chi connectivity index (χ0v) is 6.39. The summed E-state index contributed by atoms with van der Waals surface area (Å²) in [5.74, 6) is 0. The first kappa shape index (κ1) is 7.06. The van der Waals surface area contributed by atoms with Gasteiger partial charge in [0, 0.05) is 0 Å². The summed E-state index contributed by atoms with van der Waals surface area (Å²) in [6.45, 7) is 1.83. The summed E-state index contributed by atoms with van der Waals surface area (Å²) in [5, 5.41) is 0.00617. The van der Waals surface area contributed by atoms with Crippen LogP contribution in [-0.2, 0) is 0 Å². The fourth-order valence-corrected chi connectivity index (χ4v) is 0. The van der Waals surface area contributed by atoms with Gasteiger partial charge in [0.25, 0.3) is 0 Å². The van der Waals surface area contributed by atoms with Crippen molar-refractivity contribution in [3.05, 3.63) is 0 Å². The minimum Gasteiger partial charge on any atom is -0.121 e. The van der Waals surface area contributed by atoms with E-state index in [0.29, 0.717) is 0 Å². The Hall–Kier alpha value is 1.06. The highest BCUT2D eigenvalue weighted by Crippen LogP contribution is 2.14. The molecule has 0 aliphatic carbocycles. The van der Waals surface area contributed by atoms with Gasteiger partial charge in [0.1, 0.15) is 4.29 Å². The zero-order valence-electron chi connectivity index (χ0n) is 3.29. The molecule has 0 amide bonds. The first-order chi connectivity index (χ1) is 2.64. The molecule has 2 atom stereocenters. The van der Waals surface area contributed by atoms with Gasteiger partial charge in [-0.25, -0.2) is 0 Å². The van der Waals surface area contributed by atoms with E-state index in [-0.39, 0.29) is 9.66 Å². The van der Waals surface area contributed by atoms with Crippen molar-refractivity contribution < 1.29 is 0 Å². The van der Waals surface area contributed by atoms with Gasteiger partial charge in [-0.15, -0.1) is 23.2 Å². The normalized spacial score (nSPS) is 20.0. The van der Waals surface area contributed by atoms with Gasteiger partial charge < -0.3 is 0 Å². The Kier molecular flexibility index (Phi) is 3.66. The molecule has 0 saturated heterocycles. The molecular weight excluding hydrogens is 187 g/mol. The molecule has 0 aromatic heterocycles. The van der Waals surface area contributed by atoms with Crippen LogP contribution in [-0.4, -0.2) is 9.66 Å². The van der Waals surface area contributed by atoms with Crippen LogP contribution in [0.2, 0.25) is 0 Å². The molecule has 0 aliphatic rings. The summed E-state index contributed by atoms with van der Waals surface area (Å²) < 4.78 is -0.0980. The molecule has 0 nitrogen and oxygen atoms in total. The fraction of sp³-hybridized carbons (Fsp3) is 1.00. The highest BCUT2D eigenvalue weighted by Gasteiger charge is 2.03. The summed E-state index contributed by atoms with van der Waals surface area (Å²) in [5.41, 5.74) is 0. The lowest BCUT2D eigenvalue weighted by atomic mass is 10.6. The van der Waals surface area contributed by atoms with E-state index < -0.39 is 0 Å². The van der Waals surface area contributed by atoms with Crippen LogP contribution in [0.4, 0.5) is 0 Å². The van der Waals surface area contributed by atoms with Gasteiger partial charge in [-0.05, 0) is 6.92 Å². The predicted octanol–water partition coefficient (Wildman–Crippen LogP) is 2.57. The van der Waals surface area contributed by atoms with Gasteiger partial charge >= 0.3 is 0 Å². The number of rotatable bonds is 1. The van der Waals surface area contributed by atoms with Gasteiger partial charge in [0.05, 0.1) is 5.38 Å². The molecule has 0 rings (SSSR count). The molecule has 0 aromatic rings. The maximum atomic E-state index is 5.43. The summed E-state index contributed by atoms with van der Waals surface area (Å²) >= 11 is 13.9. The Morgan fingerprint density at radius 2 is 1.67 bits per heavy atom. The third kappa shape index (κ3) is 3.26. The molecule has 0 radical (unpaired) electrons. The lowest BCUT2D eigenvalue weighted by molar-refractivity contribution is 1.07. The number of hydrogen-bond donors (Lipinski definition) is 0. The molecule has 0 spiro atoms. The van der Waals surface area contributed by atoms with Gasteiger partial charge in [-0.2, -0.15) is 0 Å². The first-order valence-corrected chi connectivity index (χ1v) is 3.35. The molecule has 0 aromatic carbocycles. The van der Waals surface area contributed by atoms with Crippen LogP contribution in [0.1, 0.15) is 6.92 Å². The van der Waals surface area contributed by atoms with Crippen molar-refractivity contribution in [1.29, 1.82) is 0 Å². The highest BCUT2D eigenvalue weighted by molar-refractivity contribution is 9.10. The van der Waals surface area contributed by atoms with Crippen molar-refractivity contribution in [1.82, 2.24) is 0 Å². The largest absolute Gasteiger partial charge is 0.121 e. The van der Waals surface area contributed by atoms with Crippen molar-refractivity contribution in [3.63, 3.8) is 0 Å². The van der Waals surface area contributed by atoms with Crippen molar-refractivity contribution in [2.24, 2.45) is 0 Å². The van der Waals surface area contributed by atoms with Gasteiger partial charge in [0.15, 0.2) is 0 Å². The lowest BCUT2D eigenvalue weighted by Crippen LogP contribution is -1.99. The average Bonchev–Trinajstić information content (AvgIpc) is 1.36. The second kappa shape index (κ2) is 3.11. The fourth-order valence-electron chi connectivity index (χ4n) is 0. The molecule has 3 heteroatoms. The van der Waals surface area contributed by atoms with E-state index in [1.165, 1.54) is 0 Å². The van der Waals surface area contributed by atoms with Gasteiger partial charge in [0.2, 0.25) is 0 Å². The van der Waals surface area contributed by atoms with Crippen LogP contribution in [0, 0.1) is 0 Å². The van der Waals surface area contributed by atoms with Crippen LogP contribution in [0.5, 0.6) is 0 Å². The van der Waals surface area contributed by atoms with E-state index in [0.717, 1.165) is 0 Å². The SMILES string of the molecule is CC(Cl)C(Cl)Br. The lowest BCUT2D eigenvalue weighted by Gasteiger charge is -1.98. The van der Waals surface area contributed by atoms with Crippen LogP contribution in [0.15, 0.2) is 0 Å². The standard InChI is InChI=1S/C3H5BrCl2/c1-2(5)3(4)6/h2-3H,1H3. The minimum absolute atomic E-state index is 0.00617. The van der Waals surface area contributed by atoms with E-state index in [2.05, 4.69) is 15.9 Å². The molecule has 38 valence electrons. The van der Waals surface area contributed by atoms with Crippen molar-refractivity contribution in [2.45, 2.75) is 16.6 Å². The van der Waals surface area contributed by atoms with E-state index in [4.69, 9.17) is 23.2 Å². The van der Waals surface area contributed by atoms with Crippen LogP contribution < -0.4 is 0 Å². The van der Waals surface area contributed by atoms with Gasteiger partial charge in [-0.3, -0.25) is 0 Å². The third-order valence-electron chi connectivity index (χ3n) is 0.347. The topological polar surface area (TPSA) is 0 Å². The number of halogens is 3. The molecular formula is C3H5BrCl2. The first-order valence-electron chi connectivity index (χ1n) is 1.57. The summed E-state index contributed by atoms with van der Waals surface area (Å²) in [7, 11) is 0. The Morgan fingerprint density at radius 3 is 1.67 bits per heavy atom. The predicted molar refractivity (Wildman–Crippen MR) is 33.9 cm³/mol. The van der Waals surface area contributed by atoms with Crippen molar-refractivity contribution in [2.75, 3.05) is 0 Å². The van der Waals surface area contributed by atoms with Crippen LogP contribution in [0.3, 0.4) is 0 Å². The van der Waals surface area contributed by atoms with E-state index >= 15 is 0 Å². The molecule has 0 fully saturated rings. The second-order valence-corrected chi connectivity index (χ2v) is 3.68. The van der Waals surface area contributed by atoms with E-state index in [1.54, 1.807) is 0 Å². The maximum absolute atomic E-state index is 5.43. The summed E-state index contributed by atoms with van der Waals surface area (Å²) in [4.78, 5) is 0. The molecule has 0 heterocycles. The van der Waals surface area contributed by atoms with E-state index in [9.17, 15) is 0 Å². The summed E-state index contributed by atoms with van der Waals surface area (Å²) in [6, 6.07) is 0. The summed E-state index contributed by atoms with van der Waals surface area (Å²) in [6.07, 6.45) is 0. The monoisotopic (exact) mass is 190 g/mol. The van der Waals surface area contributed by atoms with Gasteiger partial charge in [-0.1, -0.05) is 15.9 Å². The highest BCUT2D eigenvalue weighted by atomic mass is 79.9. The van der Waals surface area contributed by atoms with Crippen molar-refractivity contribution >= 4 is 39.1 Å². The number of hydrogen-bond acceptors (Lipinski definition) is 0. The zero-order chi connectivity index (χ0) is 5.15. The maximum Gasteiger partial charge on any atom is 0.105 e. The van der Waals surface area contributed by atoms with Crippen LogP contribution in [0.25, 0.3) is 0 Å². The smallest absolute Gasteiger partial charge is 0.105 e. The Morgan fingerprint density at radius 1 is 1.50 bits per heavy atom. The Balaban J connectivity index is 2.99. The second-order valence-electron chi connectivity index (χ2n) is 1.01. The Labute approximate surface area is 55.9 Å². The molecule has 0 saturated carbocycles. The molecule has 0 bridgehead atoms. The average molecular weight is 192 g/mol. The molecule has 6 heavy (non-hydrogen) atoms. The molecule has 0 N–H and O–H groups in total. The third-order valence-corrected chi connectivity index (χ3v) is 2.20. The van der Waals surface area contributed by atoms with Crippen molar-refractivity contribution in [3.8, 4) is 0 Å². The quantitative estimate of drug-likeness (QED) is 0.560. The Bertz CT molecular complexity index is 29.8. The van der Waals surface area contributed by atoms with Crippen LogP contribution >= 0.6 is 39.1 Å². The molecule has 0 aliphatic heterocycles. The van der Waals surface area contributed by atoms with E-state index in [1.807, 2.05) is 6.92 Å². The molecule has 2 unspecified atom stereocenters.